The Morgan fingerprint density at radius 1 is 0.578 bits per heavy atom. The van der Waals surface area contributed by atoms with Crippen molar-refractivity contribution in [3.05, 3.63) is 0 Å². The van der Waals surface area contributed by atoms with E-state index in [9.17, 15) is 24.9 Å². The van der Waals surface area contributed by atoms with Crippen LogP contribution >= 0.6 is 0 Å². The van der Waals surface area contributed by atoms with Gasteiger partial charge in [0.1, 0.15) is 24.9 Å². The summed E-state index contributed by atoms with van der Waals surface area (Å²) < 4.78 is 22.2. The van der Waals surface area contributed by atoms with Gasteiger partial charge in [-0.15, -0.1) is 0 Å². The summed E-state index contributed by atoms with van der Waals surface area (Å²) in [6.07, 6.45) is 18.5. The van der Waals surface area contributed by atoms with Gasteiger partial charge in [-0.3, -0.25) is 9.59 Å². The minimum atomic E-state index is -1.47. The largest absolute Gasteiger partial charge is 0.462 e. The molecule has 6 atom stereocenters. The van der Waals surface area contributed by atoms with E-state index in [1.807, 2.05) is 0 Å². The lowest BCUT2D eigenvalue weighted by Crippen LogP contribution is -2.57. The Kier molecular flexibility index (Phi) is 25.8. The molecular formula is C36H68O9. The number of unbranched alkanes of at least 4 members (excludes halogenated alkanes) is 19. The summed E-state index contributed by atoms with van der Waals surface area (Å²) in [5.41, 5.74) is 0. The lowest BCUT2D eigenvalue weighted by molar-refractivity contribution is -0.297. The Balaban J connectivity index is 2.34. The van der Waals surface area contributed by atoms with Crippen LogP contribution in [-0.4, -0.2) is 77.3 Å². The summed E-state index contributed by atoms with van der Waals surface area (Å²) in [5.74, 6) is -0.737. The molecular weight excluding hydrogens is 576 g/mol. The van der Waals surface area contributed by atoms with Gasteiger partial charge >= 0.3 is 11.9 Å². The SMILES string of the molecule is CCCCCCCCCCCCCCCC(=O)OC[C@H](CO[C@@H]1O[C@H](C)[C@H](O)[C@H](O)[C@H]1O)OC(=O)CCCCCCCCCC. The minimum absolute atomic E-state index is 0.163. The van der Waals surface area contributed by atoms with Crippen LogP contribution in [0.4, 0.5) is 0 Å². The van der Waals surface area contributed by atoms with Gasteiger partial charge in [-0.05, 0) is 19.8 Å². The molecule has 0 saturated carbocycles. The number of hydrogen-bond donors (Lipinski definition) is 3. The Hall–Kier alpha value is -1.26. The van der Waals surface area contributed by atoms with E-state index in [-0.39, 0.29) is 25.6 Å². The molecule has 0 amide bonds. The molecule has 0 aliphatic carbocycles. The van der Waals surface area contributed by atoms with E-state index in [0.29, 0.717) is 6.42 Å². The van der Waals surface area contributed by atoms with Gasteiger partial charge in [0, 0.05) is 12.8 Å². The van der Waals surface area contributed by atoms with E-state index in [0.717, 1.165) is 38.5 Å². The molecule has 45 heavy (non-hydrogen) atoms. The topological polar surface area (TPSA) is 132 Å². The summed E-state index contributed by atoms with van der Waals surface area (Å²) in [5, 5.41) is 30.3. The van der Waals surface area contributed by atoms with Gasteiger partial charge in [-0.1, -0.05) is 136 Å². The van der Waals surface area contributed by atoms with Crippen molar-refractivity contribution < 1.29 is 43.9 Å². The van der Waals surface area contributed by atoms with Gasteiger partial charge in [-0.25, -0.2) is 0 Å². The number of aliphatic hydroxyl groups is 3. The maximum Gasteiger partial charge on any atom is 0.306 e. The maximum absolute atomic E-state index is 12.6. The zero-order chi connectivity index (χ0) is 33.1. The molecule has 1 aliphatic rings. The summed E-state index contributed by atoms with van der Waals surface area (Å²) in [6.45, 7) is 5.66. The van der Waals surface area contributed by atoms with Gasteiger partial charge in [0.2, 0.25) is 0 Å². The Morgan fingerprint density at radius 2 is 1.00 bits per heavy atom. The lowest BCUT2D eigenvalue weighted by Gasteiger charge is -2.39. The third kappa shape index (κ3) is 21.3. The molecule has 1 fully saturated rings. The summed E-state index contributed by atoms with van der Waals surface area (Å²) >= 11 is 0. The van der Waals surface area contributed by atoms with Gasteiger partial charge in [0.05, 0.1) is 12.7 Å². The highest BCUT2D eigenvalue weighted by Gasteiger charge is 2.42. The predicted molar refractivity (Wildman–Crippen MR) is 177 cm³/mol. The van der Waals surface area contributed by atoms with Gasteiger partial charge < -0.3 is 34.3 Å². The highest BCUT2D eigenvalue weighted by atomic mass is 16.7. The third-order valence-electron chi connectivity index (χ3n) is 8.70. The normalized spacial score (nSPS) is 22.3. The molecule has 0 spiro atoms. The van der Waals surface area contributed by atoms with Crippen LogP contribution in [0.2, 0.25) is 0 Å². The van der Waals surface area contributed by atoms with Crippen LogP contribution in [0.3, 0.4) is 0 Å². The van der Waals surface area contributed by atoms with Gasteiger partial charge in [0.25, 0.3) is 0 Å². The predicted octanol–water partition coefficient (Wildman–Crippen LogP) is 7.30. The number of hydrogen-bond acceptors (Lipinski definition) is 9. The second kappa shape index (κ2) is 27.8. The van der Waals surface area contributed by atoms with Gasteiger partial charge in [-0.2, -0.15) is 0 Å². The van der Waals surface area contributed by atoms with E-state index in [1.165, 1.54) is 96.3 Å². The highest BCUT2D eigenvalue weighted by molar-refractivity contribution is 5.70. The standard InChI is InChI=1S/C36H68O9/c1-4-6-8-10-12-14-15-16-17-18-20-21-23-25-31(37)42-27-30(28-43-36-35(41)34(40)33(39)29(3)44-36)45-32(38)26-24-22-19-13-11-9-7-5-2/h29-30,33-36,39-41H,4-28H2,1-3H3/t29-,30-,33+,34+,35-,36-/m1/s1. The average Bonchev–Trinajstić information content (AvgIpc) is 3.03. The Morgan fingerprint density at radius 3 is 1.47 bits per heavy atom. The zero-order valence-electron chi connectivity index (χ0n) is 28.9. The molecule has 3 N–H and O–H groups in total. The molecule has 0 bridgehead atoms. The molecule has 9 heteroatoms. The Labute approximate surface area is 274 Å². The number of carbonyl (C=O) groups excluding carboxylic acids is 2. The molecule has 0 aromatic carbocycles. The molecule has 9 nitrogen and oxygen atoms in total. The molecule has 1 rings (SSSR count). The van der Waals surface area contributed by atoms with Crippen LogP contribution in [0.15, 0.2) is 0 Å². The number of ether oxygens (including phenoxy) is 4. The van der Waals surface area contributed by atoms with Crippen LogP contribution in [-0.2, 0) is 28.5 Å². The second-order valence-corrected chi connectivity index (χ2v) is 13.0. The smallest absolute Gasteiger partial charge is 0.306 e. The molecule has 0 unspecified atom stereocenters. The molecule has 266 valence electrons. The molecule has 1 heterocycles. The highest BCUT2D eigenvalue weighted by Crippen LogP contribution is 2.22. The number of carbonyl (C=O) groups is 2. The molecule has 1 saturated heterocycles. The maximum atomic E-state index is 12.6. The fourth-order valence-corrected chi connectivity index (χ4v) is 5.66. The van der Waals surface area contributed by atoms with Crippen LogP contribution in [0.5, 0.6) is 0 Å². The van der Waals surface area contributed by atoms with Crippen molar-refractivity contribution in [2.75, 3.05) is 13.2 Å². The zero-order valence-corrected chi connectivity index (χ0v) is 28.9. The first-order valence-electron chi connectivity index (χ1n) is 18.5. The Bertz CT molecular complexity index is 719. The first kappa shape index (κ1) is 41.8. The fraction of sp³-hybridized carbons (Fsp3) is 0.944. The van der Waals surface area contributed by atoms with Crippen molar-refractivity contribution >= 4 is 11.9 Å². The number of aliphatic hydroxyl groups excluding tert-OH is 3. The first-order valence-corrected chi connectivity index (χ1v) is 18.5. The summed E-state index contributed by atoms with van der Waals surface area (Å²) in [7, 11) is 0. The first-order chi connectivity index (χ1) is 21.8. The van der Waals surface area contributed by atoms with Crippen LogP contribution in [0.1, 0.15) is 168 Å². The summed E-state index contributed by atoms with van der Waals surface area (Å²) in [6, 6.07) is 0. The molecule has 1 aliphatic heterocycles. The van der Waals surface area contributed by atoms with Crippen LogP contribution in [0.25, 0.3) is 0 Å². The summed E-state index contributed by atoms with van der Waals surface area (Å²) in [4.78, 5) is 25.0. The number of rotatable bonds is 29. The van der Waals surface area contributed by atoms with E-state index >= 15 is 0 Å². The number of esters is 2. The van der Waals surface area contributed by atoms with Crippen molar-refractivity contribution in [1.29, 1.82) is 0 Å². The lowest BCUT2D eigenvalue weighted by atomic mass is 10.0. The molecule has 0 radical (unpaired) electrons. The van der Waals surface area contributed by atoms with E-state index < -0.39 is 42.8 Å². The van der Waals surface area contributed by atoms with E-state index in [4.69, 9.17) is 18.9 Å². The van der Waals surface area contributed by atoms with E-state index in [2.05, 4.69) is 13.8 Å². The van der Waals surface area contributed by atoms with Crippen molar-refractivity contribution in [3.8, 4) is 0 Å². The average molecular weight is 645 g/mol. The second-order valence-electron chi connectivity index (χ2n) is 13.0. The molecule has 0 aromatic rings. The fourth-order valence-electron chi connectivity index (χ4n) is 5.66. The van der Waals surface area contributed by atoms with Gasteiger partial charge in [0.15, 0.2) is 12.4 Å². The van der Waals surface area contributed by atoms with Crippen LogP contribution < -0.4 is 0 Å². The van der Waals surface area contributed by atoms with Crippen molar-refractivity contribution in [2.24, 2.45) is 0 Å². The minimum Gasteiger partial charge on any atom is -0.462 e. The van der Waals surface area contributed by atoms with E-state index in [1.54, 1.807) is 6.92 Å². The molecule has 0 aromatic heterocycles. The quantitative estimate of drug-likeness (QED) is 0.0567. The van der Waals surface area contributed by atoms with Crippen molar-refractivity contribution in [1.82, 2.24) is 0 Å². The van der Waals surface area contributed by atoms with Crippen molar-refractivity contribution in [2.45, 2.75) is 205 Å². The van der Waals surface area contributed by atoms with Crippen LogP contribution in [0, 0.1) is 0 Å². The monoisotopic (exact) mass is 644 g/mol. The third-order valence-corrected chi connectivity index (χ3v) is 8.70. The van der Waals surface area contributed by atoms with Crippen molar-refractivity contribution in [3.63, 3.8) is 0 Å².